The standard InChI is InChI=1S/C26H23ClFN5O2/c1-31-14-19-9-8-17(25(34)29-12-16-6-7-18-13-30-32(2)23(18)10-16)11-24(19)33(26(31)35)15-20-21(27)4-3-5-22(20)28/h3-11,13H,12,14-15H2,1-2H3,(H,29,34). The average Bonchev–Trinajstić information content (AvgIpc) is 3.22. The zero-order chi connectivity index (χ0) is 24.7. The number of nitrogens with one attached hydrogen (secondary N) is 1. The third kappa shape index (κ3) is 4.33. The quantitative estimate of drug-likeness (QED) is 0.433. The number of aryl methyl sites for hydroxylation is 1. The molecule has 1 N–H and O–H groups in total. The van der Waals surface area contributed by atoms with E-state index in [4.69, 9.17) is 11.6 Å². The first kappa shape index (κ1) is 22.9. The van der Waals surface area contributed by atoms with Crippen molar-refractivity contribution in [2.45, 2.75) is 19.6 Å². The summed E-state index contributed by atoms with van der Waals surface area (Å²) >= 11 is 6.22. The molecule has 0 bridgehead atoms. The van der Waals surface area contributed by atoms with Crippen molar-refractivity contribution >= 4 is 40.1 Å². The van der Waals surface area contributed by atoms with Crippen LogP contribution in [0, 0.1) is 5.82 Å². The Labute approximate surface area is 206 Å². The molecule has 3 aromatic carbocycles. The average molecular weight is 492 g/mol. The number of hydrogen-bond acceptors (Lipinski definition) is 3. The van der Waals surface area contributed by atoms with Gasteiger partial charge in [-0.25, -0.2) is 9.18 Å². The zero-order valence-corrected chi connectivity index (χ0v) is 20.0. The molecule has 7 nitrogen and oxygen atoms in total. The molecular weight excluding hydrogens is 469 g/mol. The lowest BCUT2D eigenvalue weighted by Gasteiger charge is -2.35. The fourth-order valence-corrected chi connectivity index (χ4v) is 4.52. The molecule has 5 rings (SSSR count). The molecule has 35 heavy (non-hydrogen) atoms. The first-order valence-corrected chi connectivity index (χ1v) is 11.5. The maximum atomic E-state index is 14.5. The summed E-state index contributed by atoms with van der Waals surface area (Å²) in [6.07, 6.45) is 1.80. The van der Waals surface area contributed by atoms with Gasteiger partial charge in [0.1, 0.15) is 5.82 Å². The number of anilines is 1. The monoisotopic (exact) mass is 491 g/mol. The summed E-state index contributed by atoms with van der Waals surface area (Å²) in [5, 5.41) is 8.45. The highest BCUT2D eigenvalue weighted by Crippen LogP contribution is 2.32. The Balaban J connectivity index is 1.40. The minimum Gasteiger partial charge on any atom is -0.348 e. The van der Waals surface area contributed by atoms with E-state index in [0.29, 0.717) is 24.3 Å². The molecule has 0 spiro atoms. The number of fused-ring (bicyclic) bond motifs is 2. The third-order valence-corrected chi connectivity index (χ3v) is 6.60. The molecule has 1 aromatic heterocycles. The second kappa shape index (κ2) is 9.03. The van der Waals surface area contributed by atoms with E-state index in [-0.39, 0.29) is 29.1 Å². The number of benzene rings is 3. The smallest absolute Gasteiger partial charge is 0.324 e. The van der Waals surface area contributed by atoms with Gasteiger partial charge in [-0.3, -0.25) is 14.4 Å². The molecule has 4 aromatic rings. The summed E-state index contributed by atoms with van der Waals surface area (Å²) in [7, 11) is 3.55. The van der Waals surface area contributed by atoms with Crippen LogP contribution in [0.3, 0.4) is 0 Å². The van der Waals surface area contributed by atoms with Gasteiger partial charge in [0.2, 0.25) is 0 Å². The molecular formula is C26H23ClFN5O2. The normalized spacial score (nSPS) is 13.3. The number of halogens is 2. The van der Waals surface area contributed by atoms with Crippen molar-refractivity contribution < 1.29 is 14.0 Å². The largest absolute Gasteiger partial charge is 0.348 e. The predicted molar refractivity (Wildman–Crippen MR) is 133 cm³/mol. The molecule has 3 amide bonds. The lowest BCUT2D eigenvalue weighted by Crippen LogP contribution is -2.45. The molecule has 0 saturated carbocycles. The van der Waals surface area contributed by atoms with Crippen molar-refractivity contribution in [2.75, 3.05) is 11.9 Å². The summed E-state index contributed by atoms with van der Waals surface area (Å²) < 4.78 is 16.3. The molecule has 9 heteroatoms. The van der Waals surface area contributed by atoms with E-state index in [1.54, 1.807) is 41.0 Å². The van der Waals surface area contributed by atoms with Crippen LogP contribution in [-0.4, -0.2) is 33.7 Å². The van der Waals surface area contributed by atoms with Crippen LogP contribution in [0.1, 0.15) is 27.0 Å². The highest BCUT2D eigenvalue weighted by atomic mass is 35.5. The Morgan fingerprint density at radius 1 is 1.14 bits per heavy atom. The van der Waals surface area contributed by atoms with Crippen molar-refractivity contribution in [1.82, 2.24) is 20.0 Å². The lowest BCUT2D eigenvalue weighted by atomic mass is 10.0. The summed E-state index contributed by atoms with van der Waals surface area (Å²) in [5.74, 6) is -0.757. The number of hydrogen-bond donors (Lipinski definition) is 1. The minimum absolute atomic E-state index is 0.0442. The van der Waals surface area contributed by atoms with Crippen LogP contribution >= 0.6 is 11.6 Å². The Kier molecular flexibility index (Phi) is 5.90. The van der Waals surface area contributed by atoms with Gasteiger partial charge in [0.15, 0.2) is 0 Å². The molecule has 1 aliphatic heterocycles. The number of amides is 3. The number of urea groups is 1. The molecule has 1 aliphatic rings. The van der Waals surface area contributed by atoms with Gasteiger partial charge in [-0.2, -0.15) is 5.10 Å². The molecule has 0 unspecified atom stereocenters. The summed E-state index contributed by atoms with van der Waals surface area (Å²) in [6.45, 7) is 0.688. The van der Waals surface area contributed by atoms with E-state index in [1.807, 2.05) is 31.3 Å². The van der Waals surface area contributed by atoms with Crippen LogP contribution in [0.5, 0.6) is 0 Å². The molecule has 0 radical (unpaired) electrons. The fourth-order valence-electron chi connectivity index (χ4n) is 4.30. The van der Waals surface area contributed by atoms with Gasteiger partial charge in [-0.05, 0) is 41.5 Å². The van der Waals surface area contributed by atoms with E-state index in [1.165, 1.54) is 17.0 Å². The third-order valence-electron chi connectivity index (χ3n) is 6.25. The van der Waals surface area contributed by atoms with Gasteiger partial charge < -0.3 is 10.2 Å². The van der Waals surface area contributed by atoms with Crippen molar-refractivity contribution in [2.24, 2.45) is 7.05 Å². The van der Waals surface area contributed by atoms with Crippen LogP contribution in [0.2, 0.25) is 5.02 Å². The molecule has 0 atom stereocenters. The van der Waals surface area contributed by atoms with Crippen LogP contribution in [0.4, 0.5) is 14.9 Å². The van der Waals surface area contributed by atoms with Crippen molar-refractivity contribution in [3.63, 3.8) is 0 Å². The summed E-state index contributed by atoms with van der Waals surface area (Å²) in [4.78, 5) is 29.0. The number of nitrogens with zero attached hydrogens (tertiary/aromatic N) is 4. The minimum atomic E-state index is -0.487. The molecule has 2 heterocycles. The zero-order valence-electron chi connectivity index (χ0n) is 19.3. The van der Waals surface area contributed by atoms with Crippen LogP contribution in [0.15, 0.2) is 60.8 Å². The first-order chi connectivity index (χ1) is 16.8. The highest BCUT2D eigenvalue weighted by molar-refractivity contribution is 6.31. The van der Waals surface area contributed by atoms with E-state index < -0.39 is 5.82 Å². The number of rotatable bonds is 5. The van der Waals surface area contributed by atoms with E-state index >= 15 is 0 Å². The molecule has 0 saturated heterocycles. The Hall–Kier alpha value is -3.91. The molecule has 0 aliphatic carbocycles. The second-order valence-electron chi connectivity index (χ2n) is 8.61. The predicted octanol–water partition coefficient (Wildman–Crippen LogP) is 4.87. The number of carbonyl (C=O) groups excluding carboxylic acids is 2. The first-order valence-electron chi connectivity index (χ1n) is 11.1. The van der Waals surface area contributed by atoms with Gasteiger partial charge in [0.05, 0.1) is 23.9 Å². The van der Waals surface area contributed by atoms with Crippen LogP contribution in [-0.2, 0) is 26.7 Å². The van der Waals surface area contributed by atoms with Gasteiger partial charge in [-0.1, -0.05) is 35.9 Å². The van der Waals surface area contributed by atoms with E-state index in [9.17, 15) is 14.0 Å². The van der Waals surface area contributed by atoms with Crippen molar-refractivity contribution in [1.29, 1.82) is 0 Å². The molecule has 178 valence electrons. The van der Waals surface area contributed by atoms with E-state index in [0.717, 1.165) is 22.0 Å². The van der Waals surface area contributed by atoms with Gasteiger partial charge >= 0.3 is 6.03 Å². The fraction of sp³-hybridized carbons (Fsp3) is 0.192. The van der Waals surface area contributed by atoms with Gasteiger partial charge in [0, 0.05) is 48.7 Å². The Morgan fingerprint density at radius 3 is 2.77 bits per heavy atom. The van der Waals surface area contributed by atoms with Gasteiger partial charge in [0.25, 0.3) is 5.91 Å². The van der Waals surface area contributed by atoms with Crippen molar-refractivity contribution in [3.8, 4) is 0 Å². The van der Waals surface area contributed by atoms with Gasteiger partial charge in [-0.15, -0.1) is 0 Å². The number of aromatic nitrogens is 2. The SMILES string of the molecule is CN1Cc2ccc(C(=O)NCc3ccc4cnn(C)c4c3)cc2N(Cc2c(F)cccc2Cl)C1=O. The highest BCUT2D eigenvalue weighted by Gasteiger charge is 2.30. The summed E-state index contributed by atoms with van der Waals surface area (Å²) in [6, 6.07) is 15.3. The lowest BCUT2D eigenvalue weighted by molar-refractivity contribution is 0.0950. The number of carbonyl (C=O) groups is 2. The summed E-state index contributed by atoms with van der Waals surface area (Å²) in [5.41, 5.74) is 3.99. The molecule has 0 fully saturated rings. The van der Waals surface area contributed by atoms with Crippen LogP contribution in [0.25, 0.3) is 10.9 Å². The van der Waals surface area contributed by atoms with E-state index in [2.05, 4.69) is 10.4 Å². The Bertz CT molecular complexity index is 1450. The second-order valence-corrected chi connectivity index (χ2v) is 9.02. The maximum Gasteiger partial charge on any atom is 0.324 e. The Morgan fingerprint density at radius 2 is 1.97 bits per heavy atom. The van der Waals surface area contributed by atoms with Crippen molar-refractivity contribution in [3.05, 3.63) is 93.9 Å². The topological polar surface area (TPSA) is 70.5 Å². The maximum absolute atomic E-state index is 14.5. The van der Waals surface area contributed by atoms with Crippen LogP contribution < -0.4 is 10.2 Å².